The third kappa shape index (κ3) is 3.38. The van der Waals surface area contributed by atoms with Crippen molar-refractivity contribution in [1.29, 1.82) is 0 Å². The molecule has 3 aliphatic heterocycles. The standard InChI is InChI=1S/C21H22N4O4/c1-2-3-9-23-10-12-24(13-11-23)15-6-4-5-14-18(15)21(29)25(20(14)28)16-7-8-17(26)22-19(16)27/h1,4-6,16H,3,7-13H2,(H,22,26,27). The maximum Gasteiger partial charge on any atom is 0.264 e. The summed E-state index contributed by atoms with van der Waals surface area (Å²) in [4.78, 5) is 55.2. The Hall–Kier alpha value is -3.18. The zero-order valence-electron chi connectivity index (χ0n) is 16.0. The van der Waals surface area contributed by atoms with Crippen molar-refractivity contribution < 1.29 is 19.2 Å². The lowest BCUT2D eigenvalue weighted by Crippen LogP contribution is -2.54. The fraction of sp³-hybridized carbons (Fsp3) is 0.429. The summed E-state index contributed by atoms with van der Waals surface area (Å²) in [5, 5.41) is 2.22. The number of amides is 4. The second-order valence-corrected chi connectivity index (χ2v) is 7.43. The molecule has 8 heteroatoms. The van der Waals surface area contributed by atoms with Crippen molar-refractivity contribution in [3.63, 3.8) is 0 Å². The normalized spacial score (nSPS) is 22.5. The molecule has 2 fully saturated rings. The Balaban J connectivity index is 1.57. The molecule has 3 heterocycles. The number of benzene rings is 1. The number of hydrogen-bond donors (Lipinski definition) is 1. The molecule has 1 unspecified atom stereocenters. The van der Waals surface area contributed by atoms with Gasteiger partial charge in [0.1, 0.15) is 6.04 Å². The number of nitrogens with zero attached hydrogens (tertiary/aromatic N) is 3. The van der Waals surface area contributed by atoms with Gasteiger partial charge in [0.15, 0.2) is 0 Å². The number of piperidine rings is 1. The summed E-state index contributed by atoms with van der Waals surface area (Å²) in [5.74, 6) is 0.722. The SMILES string of the molecule is C#CCCN1CCN(c2cccc3c2C(=O)N(C2CCC(=O)NC2=O)C3=O)CC1. The van der Waals surface area contributed by atoms with Gasteiger partial charge in [-0.2, -0.15) is 0 Å². The molecule has 1 aromatic carbocycles. The van der Waals surface area contributed by atoms with Crippen LogP contribution >= 0.6 is 0 Å². The van der Waals surface area contributed by atoms with Gasteiger partial charge in [-0.25, -0.2) is 0 Å². The van der Waals surface area contributed by atoms with Crippen LogP contribution in [0.5, 0.6) is 0 Å². The summed E-state index contributed by atoms with van der Waals surface area (Å²) in [7, 11) is 0. The maximum atomic E-state index is 13.2. The van der Waals surface area contributed by atoms with Crippen LogP contribution in [0.15, 0.2) is 18.2 Å². The van der Waals surface area contributed by atoms with E-state index in [0.29, 0.717) is 23.2 Å². The smallest absolute Gasteiger partial charge is 0.264 e. The quantitative estimate of drug-likeness (QED) is 0.581. The second-order valence-electron chi connectivity index (χ2n) is 7.43. The Morgan fingerprint density at radius 3 is 2.52 bits per heavy atom. The van der Waals surface area contributed by atoms with Crippen LogP contribution in [0.4, 0.5) is 5.69 Å². The molecule has 1 aromatic rings. The Bertz CT molecular complexity index is 927. The molecule has 29 heavy (non-hydrogen) atoms. The van der Waals surface area contributed by atoms with Gasteiger partial charge in [0.05, 0.1) is 16.8 Å². The molecule has 4 amide bonds. The number of imide groups is 2. The molecule has 8 nitrogen and oxygen atoms in total. The van der Waals surface area contributed by atoms with E-state index in [1.165, 1.54) is 0 Å². The van der Waals surface area contributed by atoms with Crippen LogP contribution in [0, 0.1) is 12.3 Å². The molecule has 0 bridgehead atoms. The van der Waals surface area contributed by atoms with Crippen LogP contribution in [0.25, 0.3) is 0 Å². The molecule has 1 atom stereocenters. The van der Waals surface area contributed by atoms with Crippen molar-refractivity contribution in [2.45, 2.75) is 25.3 Å². The monoisotopic (exact) mass is 394 g/mol. The van der Waals surface area contributed by atoms with Crippen molar-refractivity contribution in [3.8, 4) is 12.3 Å². The molecule has 0 saturated carbocycles. The first kappa shape index (κ1) is 19.2. The highest BCUT2D eigenvalue weighted by Gasteiger charge is 2.46. The van der Waals surface area contributed by atoms with Gasteiger partial charge in [-0.3, -0.25) is 34.3 Å². The summed E-state index contributed by atoms with van der Waals surface area (Å²) in [5.41, 5.74) is 1.37. The van der Waals surface area contributed by atoms with E-state index in [1.807, 2.05) is 6.07 Å². The third-order valence-electron chi connectivity index (χ3n) is 5.73. The molecule has 0 aromatic heterocycles. The fourth-order valence-electron chi connectivity index (χ4n) is 4.20. The number of piperazine rings is 1. The van der Waals surface area contributed by atoms with Gasteiger partial charge in [-0.1, -0.05) is 6.07 Å². The second kappa shape index (κ2) is 7.68. The summed E-state index contributed by atoms with van der Waals surface area (Å²) in [6, 6.07) is 4.27. The topological polar surface area (TPSA) is 90.0 Å². The van der Waals surface area contributed by atoms with Gasteiger partial charge >= 0.3 is 0 Å². The summed E-state index contributed by atoms with van der Waals surface area (Å²) in [6.45, 7) is 3.94. The number of nitrogens with one attached hydrogen (secondary N) is 1. The van der Waals surface area contributed by atoms with E-state index in [2.05, 4.69) is 21.0 Å². The highest BCUT2D eigenvalue weighted by atomic mass is 16.2. The largest absolute Gasteiger partial charge is 0.368 e. The van der Waals surface area contributed by atoms with E-state index in [1.54, 1.807) is 12.1 Å². The van der Waals surface area contributed by atoms with E-state index >= 15 is 0 Å². The van der Waals surface area contributed by atoms with E-state index in [-0.39, 0.29) is 18.7 Å². The van der Waals surface area contributed by atoms with E-state index in [4.69, 9.17) is 6.42 Å². The van der Waals surface area contributed by atoms with E-state index in [9.17, 15) is 19.2 Å². The van der Waals surface area contributed by atoms with Gasteiger partial charge in [0.25, 0.3) is 11.8 Å². The van der Waals surface area contributed by atoms with Gasteiger partial charge in [0, 0.05) is 45.6 Å². The van der Waals surface area contributed by atoms with Gasteiger partial charge < -0.3 is 4.90 Å². The molecule has 0 radical (unpaired) electrons. The van der Waals surface area contributed by atoms with Crippen LogP contribution in [-0.4, -0.2) is 72.2 Å². The summed E-state index contributed by atoms with van der Waals surface area (Å²) in [6.07, 6.45) is 6.30. The maximum absolute atomic E-state index is 13.2. The molecular weight excluding hydrogens is 372 g/mol. The van der Waals surface area contributed by atoms with Crippen molar-refractivity contribution in [2.24, 2.45) is 0 Å². The minimum Gasteiger partial charge on any atom is -0.368 e. The molecule has 3 aliphatic rings. The van der Waals surface area contributed by atoms with E-state index in [0.717, 1.165) is 37.6 Å². The van der Waals surface area contributed by atoms with E-state index < -0.39 is 23.8 Å². The lowest BCUT2D eigenvalue weighted by Gasteiger charge is -2.36. The van der Waals surface area contributed by atoms with Crippen molar-refractivity contribution in [3.05, 3.63) is 29.3 Å². The molecule has 1 N–H and O–H groups in total. The number of anilines is 1. The first-order valence-electron chi connectivity index (χ1n) is 9.76. The van der Waals surface area contributed by atoms with Crippen molar-refractivity contribution in [2.75, 3.05) is 37.6 Å². The lowest BCUT2D eigenvalue weighted by atomic mass is 10.0. The average Bonchev–Trinajstić information content (AvgIpc) is 2.98. The Morgan fingerprint density at radius 1 is 1.07 bits per heavy atom. The number of rotatable bonds is 4. The van der Waals surface area contributed by atoms with Crippen LogP contribution < -0.4 is 10.2 Å². The number of carbonyl (C=O) groups is 4. The van der Waals surface area contributed by atoms with Crippen molar-refractivity contribution >= 4 is 29.3 Å². The Labute approximate surface area is 168 Å². The van der Waals surface area contributed by atoms with Gasteiger partial charge in [0.2, 0.25) is 11.8 Å². The summed E-state index contributed by atoms with van der Waals surface area (Å²) < 4.78 is 0. The minimum atomic E-state index is -0.950. The molecule has 0 aliphatic carbocycles. The first-order chi connectivity index (χ1) is 14.0. The predicted molar refractivity (Wildman–Crippen MR) is 105 cm³/mol. The number of fused-ring (bicyclic) bond motifs is 1. The zero-order valence-corrected chi connectivity index (χ0v) is 16.0. The van der Waals surface area contributed by atoms with Crippen molar-refractivity contribution in [1.82, 2.24) is 15.1 Å². The first-order valence-corrected chi connectivity index (χ1v) is 9.76. The highest BCUT2D eigenvalue weighted by Crippen LogP contribution is 2.34. The summed E-state index contributed by atoms with van der Waals surface area (Å²) >= 11 is 0. The average molecular weight is 394 g/mol. The molecule has 0 spiro atoms. The third-order valence-corrected chi connectivity index (χ3v) is 5.73. The zero-order chi connectivity index (χ0) is 20.5. The molecule has 2 saturated heterocycles. The number of hydrogen-bond acceptors (Lipinski definition) is 6. The van der Waals surface area contributed by atoms with Crippen LogP contribution in [-0.2, 0) is 9.59 Å². The molecular formula is C21H22N4O4. The molecule has 4 rings (SSSR count). The Morgan fingerprint density at radius 2 is 1.83 bits per heavy atom. The van der Waals surface area contributed by atoms with Crippen LogP contribution in [0.3, 0.4) is 0 Å². The molecule has 150 valence electrons. The highest BCUT2D eigenvalue weighted by molar-refractivity contribution is 6.25. The number of carbonyl (C=O) groups excluding carboxylic acids is 4. The van der Waals surface area contributed by atoms with Crippen LogP contribution in [0.2, 0.25) is 0 Å². The predicted octanol–water partition coefficient (Wildman–Crippen LogP) is 0.233. The van der Waals surface area contributed by atoms with Crippen LogP contribution in [0.1, 0.15) is 40.0 Å². The van der Waals surface area contributed by atoms with Gasteiger partial charge in [-0.15, -0.1) is 12.3 Å². The van der Waals surface area contributed by atoms with Gasteiger partial charge in [-0.05, 0) is 18.6 Å². The lowest BCUT2D eigenvalue weighted by molar-refractivity contribution is -0.136. The number of terminal acetylenes is 1. The fourth-order valence-corrected chi connectivity index (χ4v) is 4.20. The Kier molecular flexibility index (Phi) is 5.07. The minimum absolute atomic E-state index is 0.107.